The third kappa shape index (κ3) is 4.45. The Hall–Kier alpha value is -1.06. The van der Waals surface area contributed by atoms with E-state index in [4.69, 9.17) is 4.74 Å². The number of benzene rings is 1. The number of fused-ring (bicyclic) bond motifs is 1. The van der Waals surface area contributed by atoms with E-state index in [1.165, 1.54) is 0 Å². The van der Waals surface area contributed by atoms with Crippen LogP contribution < -0.4 is 15.7 Å². The van der Waals surface area contributed by atoms with Crippen LogP contribution in [0.4, 0.5) is 0 Å². The molecule has 0 bridgehead atoms. The summed E-state index contributed by atoms with van der Waals surface area (Å²) in [4.78, 5) is 16.8. The van der Waals surface area contributed by atoms with E-state index in [1.54, 1.807) is 0 Å². The minimum absolute atomic E-state index is 0.0543. The smallest absolute Gasteiger partial charge is 0.323 e. The molecule has 0 radical (unpaired) electrons. The molecular weight excluding hydrogens is 385 g/mol. The zero-order chi connectivity index (χ0) is 15.6. The molecule has 0 amide bonds. The summed E-state index contributed by atoms with van der Waals surface area (Å²) in [6.07, 6.45) is -0.624. The zero-order valence-electron chi connectivity index (χ0n) is 12.3. The van der Waals surface area contributed by atoms with Crippen molar-refractivity contribution in [3.05, 3.63) is 26.2 Å². The van der Waals surface area contributed by atoms with Gasteiger partial charge in [-0.2, -0.15) is 0 Å². The van der Waals surface area contributed by atoms with Crippen molar-refractivity contribution < 1.29 is 9.84 Å². The first-order chi connectivity index (χ1) is 9.76. The number of hydrogen-bond donors (Lipinski definition) is 4. The lowest BCUT2D eigenvalue weighted by Crippen LogP contribution is -2.42. The number of H-pyrrole nitrogens is 2. The number of aliphatic hydroxyl groups excluding tert-OH is 1. The van der Waals surface area contributed by atoms with Gasteiger partial charge < -0.3 is 25.1 Å². The van der Waals surface area contributed by atoms with E-state index >= 15 is 0 Å². The van der Waals surface area contributed by atoms with Gasteiger partial charge in [0.2, 0.25) is 0 Å². The molecule has 1 aromatic heterocycles. The van der Waals surface area contributed by atoms with Crippen molar-refractivity contribution in [2.24, 2.45) is 0 Å². The summed E-state index contributed by atoms with van der Waals surface area (Å²) in [7, 11) is 0. The molecule has 1 aromatic carbocycles. The van der Waals surface area contributed by atoms with Crippen molar-refractivity contribution in [1.82, 2.24) is 15.3 Å². The van der Waals surface area contributed by atoms with Gasteiger partial charge in [0, 0.05) is 12.1 Å². The van der Waals surface area contributed by atoms with Crippen molar-refractivity contribution >= 4 is 33.6 Å². The summed E-state index contributed by atoms with van der Waals surface area (Å²) >= 11 is 2.14. The van der Waals surface area contributed by atoms with Gasteiger partial charge in [0.15, 0.2) is 5.75 Å². The highest BCUT2D eigenvalue weighted by Gasteiger charge is 2.15. The fourth-order valence-electron chi connectivity index (χ4n) is 1.86. The number of ether oxygens (including phenoxy) is 1. The predicted molar refractivity (Wildman–Crippen MR) is 90.9 cm³/mol. The molecule has 0 aliphatic rings. The van der Waals surface area contributed by atoms with Crippen LogP contribution in [0.1, 0.15) is 20.8 Å². The standard InChI is InChI=1S/C14H20IN3O3/c1-14(2,3)16-6-8(19)7-21-12-9(15)4-5-10-11(12)18-13(20)17-10/h4-5,8,16,19H,6-7H2,1-3H3,(H2,17,18,20)/t8-/m0/s1. The Bertz CT molecular complexity index is 672. The summed E-state index contributed by atoms with van der Waals surface area (Å²) in [6, 6.07) is 3.68. The predicted octanol–water partition coefficient (Wildman–Crippen LogP) is 1.59. The molecule has 2 aromatic rings. The maximum atomic E-state index is 11.4. The van der Waals surface area contributed by atoms with Gasteiger partial charge in [-0.3, -0.25) is 0 Å². The lowest BCUT2D eigenvalue weighted by molar-refractivity contribution is 0.100. The molecule has 0 unspecified atom stereocenters. The van der Waals surface area contributed by atoms with E-state index < -0.39 is 6.10 Å². The third-order valence-electron chi connectivity index (χ3n) is 2.88. The molecule has 0 saturated carbocycles. The topological polar surface area (TPSA) is 90.1 Å². The highest BCUT2D eigenvalue weighted by molar-refractivity contribution is 14.1. The first-order valence-corrected chi connectivity index (χ1v) is 7.80. The van der Waals surface area contributed by atoms with Gasteiger partial charge in [-0.1, -0.05) is 0 Å². The Balaban J connectivity index is 2.06. The van der Waals surface area contributed by atoms with E-state index in [1.807, 2.05) is 32.9 Å². The first kappa shape index (κ1) is 16.3. The highest BCUT2D eigenvalue weighted by Crippen LogP contribution is 2.28. The number of halogens is 1. The van der Waals surface area contributed by atoms with Crippen LogP contribution >= 0.6 is 22.6 Å². The second-order valence-corrected chi connectivity index (χ2v) is 7.14. The summed E-state index contributed by atoms with van der Waals surface area (Å²) in [5, 5.41) is 13.2. The van der Waals surface area contributed by atoms with Gasteiger partial charge in [-0.25, -0.2) is 4.79 Å². The van der Waals surface area contributed by atoms with Crippen molar-refractivity contribution in [2.45, 2.75) is 32.4 Å². The van der Waals surface area contributed by atoms with Gasteiger partial charge in [0.1, 0.15) is 18.2 Å². The van der Waals surface area contributed by atoms with Crippen molar-refractivity contribution in [3.63, 3.8) is 0 Å². The van der Waals surface area contributed by atoms with Crippen molar-refractivity contribution in [3.8, 4) is 5.75 Å². The average Bonchev–Trinajstić information content (AvgIpc) is 2.75. The lowest BCUT2D eigenvalue weighted by Gasteiger charge is -2.23. The van der Waals surface area contributed by atoms with Crippen LogP contribution in [0.25, 0.3) is 11.0 Å². The minimum Gasteiger partial charge on any atom is -0.487 e. The molecule has 0 saturated heterocycles. The van der Waals surface area contributed by atoms with Gasteiger partial charge in [-0.15, -0.1) is 0 Å². The largest absolute Gasteiger partial charge is 0.487 e. The number of aromatic amines is 2. The minimum atomic E-state index is -0.624. The molecule has 1 atom stereocenters. The van der Waals surface area contributed by atoms with Crippen LogP contribution in [-0.2, 0) is 0 Å². The Morgan fingerprint density at radius 3 is 2.76 bits per heavy atom. The lowest BCUT2D eigenvalue weighted by atomic mass is 10.1. The molecule has 1 heterocycles. The van der Waals surface area contributed by atoms with Crippen molar-refractivity contribution in [2.75, 3.05) is 13.2 Å². The average molecular weight is 405 g/mol. The maximum absolute atomic E-state index is 11.4. The Kier molecular flexibility index (Phi) is 4.95. The number of rotatable bonds is 5. The number of nitrogens with one attached hydrogen (secondary N) is 3. The second-order valence-electron chi connectivity index (χ2n) is 5.97. The fraction of sp³-hybridized carbons (Fsp3) is 0.500. The molecule has 116 valence electrons. The maximum Gasteiger partial charge on any atom is 0.323 e. The van der Waals surface area contributed by atoms with E-state index in [0.29, 0.717) is 23.3 Å². The van der Waals surface area contributed by atoms with Crippen LogP contribution in [0, 0.1) is 3.57 Å². The van der Waals surface area contributed by atoms with Gasteiger partial charge >= 0.3 is 5.69 Å². The number of aromatic nitrogens is 2. The van der Waals surface area contributed by atoms with E-state index in [2.05, 4.69) is 37.9 Å². The van der Waals surface area contributed by atoms with Gasteiger partial charge in [0.25, 0.3) is 0 Å². The molecule has 0 aliphatic heterocycles. The third-order valence-corrected chi connectivity index (χ3v) is 3.73. The molecule has 0 aliphatic carbocycles. The Labute approximate surface area is 136 Å². The van der Waals surface area contributed by atoms with E-state index in [9.17, 15) is 9.90 Å². The van der Waals surface area contributed by atoms with Crippen LogP contribution in [0.15, 0.2) is 16.9 Å². The monoisotopic (exact) mass is 405 g/mol. The quantitative estimate of drug-likeness (QED) is 0.569. The Morgan fingerprint density at radius 1 is 1.38 bits per heavy atom. The van der Waals surface area contributed by atoms with Gasteiger partial charge in [0.05, 0.1) is 9.09 Å². The van der Waals surface area contributed by atoms with Crippen LogP contribution in [-0.4, -0.2) is 39.9 Å². The molecule has 0 fully saturated rings. The fourth-order valence-corrected chi connectivity index (χ4v) is 2.46. The second kappa shape index (κ2) is 6.37. The molecule has 6 nitrogen and oxygen atoms in total. The van der Waals surface area contributed by atoms with Gasteiger partial charge in [-0.05, 0) is 55.5 Å². The van der Waals surface area contributed by atoms with E-state index in [0.717, 1.165) is 3.57 Å². The Morgan fingerprint density at radius 2 is 2.10 bits per heavy atom. The number of aliphatic hydroxyl groups is 1. The van der Waals surface area contributed by atoms with Crippen LogP contribution in [0.5, 0.6) is 5.75 Å². The van der Waals surface area contributed by atoms with E-state index in [-0.39, 0.29) is 17.8 Å². The number of imidazole rings is 1. The number of hydrogen-bond acceptors (Lipinski definition) is 4. The SMILES string of the molecule is CC(C)(C)NC[C@H](O)COc1c(I)ccc2[nH]c(=O)[nH]c12. The molecule has 2 rings (SSSR count). The summed E-state index contributed by atoms with van der Waals surface area (Å²) in [5.41, 5.74) is 0.994. The summed E-state index contributed by atoms with van der Waals surface area (Å²) in [6.45, 7) is 6.71. The first-order valence-electron chi connectivity index (χ1n) is 6.72. The highest BCUT2D eigenvalue weighted by atomic mass is 127. The zero-order valence-corrected chi connectivity index (χ0v) is 14.4. The molecule has 0 spiro atoms. The molecule has 7 heteroatoms. The van der Waals surface area contributed by atoms with Crippen LogP contribution in [0.3, 0.4) is 0 Å². The normalized spacial score (nSPS) is 13.6. The molecule has 4 N–H and O–H groups in total. The molecule has 21 heavy (non-hydrogen) atoms. The molecular formula is C14H20IN3O3. The number of β-amino-alcohol motifs (C(OH)–C–C–N with tert-alkyl or cyclic N) is 1. The van der Waals surface area contributed by atoms with Crippen molar-refractivity contribution in [1.29, 1.82) is 0 Å². The summed E-state index contributed by atoms with van der Waals surface area (Å²) < 4.78 is 6.58. The summed E-state index contributed by atoms with van der Waals surface area (Å²) in [5.74, 6) is 0.584. The van der Waals surface area contributed by atoms with Crippen LogP contribution in [0.2, 0.25) is 0 Å².